The van der Waals surface area contributed by atoms with Gasteiger partial charge in [0.05, 0.1) is 6.07 Å². The van der Waals surface area contributed by atoms with Gasteiger partial charge in [0.1, 0.15) is 5.54 Å². The first kappa shape index (κ1) is 16.4. The maximum Gasteiger partial charge on any atom is 0.259 e. The molecule has 1 amide bonds. The molecule has 0 heterocycles. The van der Waals surface area contributed by atoms with E-state index in [-0.39, 0.29) is 18.3 Å². The molecule has 0 spiro atoms. The normalized spacial score (nSPS) is 13.4. The summed E-state index contributed by atoms with van der Waals surface area (Å²) in [6.07, 6.45) is 0. The largest absolute Gasteiger partial charge is 0.481 e. The van der Waals surface area contributed by atoms with E-state index in [1.807, 2.05) is 13.8 Å². The number of halogens is 2. The van der Waals surface area contributed by atoms with Gasteiger partial charge in [-0.1, -0.05) is 29.8 Å². The second kappa shape index (κ2) is 6.71. The minimum Gasteiger partial charge on any atom is -0.481 e. The molecule has 0 bridgehead atoms. The van der Waals surface area contributed by atoms with Gasteiger partial charge in [0.15, 0.2) is 18.2 Å². The third-order valence-electron chi connectivity index (χ3n) is 3.04. The fourth-order valence-corrected chi connectivity index (χ4v) is 1.70. The van der Waals surface area contributed by atoms with Crippen molar-refractivity contribution in [3.05, 3.63) is 28.5 Å². The summed E-state index contributed by atoms with van der Waals surface area (Å²) in [7, 11) is 0. The lowest BCUT2D eigenvalue weighted by atomic mass is 9.90. The Morgan fingerprint density at radius 1 is 1.60 bits per heavy atom. The zero-order valence-corrected chi connectivity index (χ0v) is 13.1. The highest BCUT2D eigenvalue weighted by Gasteiger charge is 2.30. The molecule has 20 heavy (non-hydrogen) atoms. The molecule has 0 saturated carbocycles. The molecule has 0 aromatic heterocycles. The molecule has 0 aliphatic carbocycles. The van der Waals surface area contributed by atoms with Crippen molar-refractivity contribution in [2.75, 3.05) is 6.61 Å². The topological polar surface area (TPSA) is 62.1 Å². The van der Waals surface area contributed by atoms with Crippen LogP contribution in [-0.2, 0) is 4.79 Å². The molecular weight excluding hydrogens is 327 g/mol. The highest BCUT2D eigenvalue weighted by atomic mass is 79.9. The fraction of sp³-hybridized carbons (Fsp3) is 0.429. The Hall–Kier alpha value is -1.61. The van der Waals surface area contributed by atoms with Gasteiger partial charge in [-0.2, -0.15) is 5.26 Å². The van der Waals surface area contributed by atoms with E-state index in [0.717, 1.165) is 0 Å². The Bertz CT molecular complexity index is 542. The predicted octanol–water partition coefficient (Wildman–Crippen LogP) is 3.02. The van der Waals surface area contributed by atoms with Crippen LogP contribution < -0.4 is 10.1 Å². The van der Waals surface area contributed by atoms with Gasteiger partial charge in [0, 0.05) is 4.47 Å². The maximum absolute atomic E-state index is 13.5. The van der Waals surface area contributed by atoms with Crippen molar-refractivity contribution in [3.63, 3.8) is 0 Å². The molecule has 0 aliphatic rings. The van der Waals surface area contributed by atoms with Gasteiger partial charge < -0.3 is 10.1 Å². The first-order chi connectivity index (χ1) is 9.28. The molecule has 0 radical (unpaired) electrons. The lowest BCUT2D eigenvalue weighted by Gasteiger charge is -2.27. The zero-order chi connectivity index (χ0) is 15.3. The SMILES string of the molecule is CC(C)[C@](C)(C#N)NC(=O)COc1ccc(Br)cc1F. The lowest BCUT2D eigenvalue weighted by Crippen LogP contribution is -2.50. The van der Waals surface area contributed by atoms with Gasteiger partial charge in [0.25, 0.3) is 5.91 Å². The molecule has 4 nitrogen and oxygen atoms in total. The monoisotopic (exact) mass is 342 g/mol. The molecule has 6 heteroatoms. The van der Waals surface area contributed by atoms with Crippen LogP contribution in [0.25, 0.3) is 0 Å². The second-order valence-electron chi connectivity index (χ2n) is 4.88. The Morgan fingerprint density at radius 2 is 2.25 bits per heavy atom. The minimum absolute atomic E-state index is 0.00782. The molecule has 1 N–H and O–H groups in total. The predicted molar refractivity (Wildman–Crippen MR) is 76.6 cm³/mol. The van der Waals surface area contributed by atoms with E-state index in [0.29, 0.717) is 4.47 Å². The van der Waals surface area contributed by atoms with Crippen LogP contribution in [0.15, 0.2) is 22.7 Å². The number of carbonyl (C=O) groups excluding carboxylic acids is 1. The molecule has 1 aromatic rings. The first-order valence-electron chi connectivity index (χ1n) is 6.08. The van der Waals surface area contributed by atoms with Crippen LogP contribution in [0.2, 0.25) is 0 Å². The number of amides is 1. The van der Waals surface area contributed by atoms with E-state index in [9.17, 15) is 9.18 Å². The average molecular weight is 343 g/mol. The quantitative estimate of drug-likeness (QED) is 0.894. The van der Waals surface area contributed by atoms with Crippen LogP contribution in [0.5, 0.6) is 5.75 Å². The molecule has 1 aromatic carbocycles. The number of ether oxygens (including phenoxy) is 1. The average Bonchev–Trinajstić information content (AvgIpc) is 2.37. The molecule has 0 unspecified atom stereocenters. The van der Waals surface area contributed by atoms with E-state index in [1.54, 1.807) is 13.0 Å². The van der Waals surface area contributed by atoms with Crippen LogP contribution in [-0.4, -0.2) is 18.1 Å². The Morgan fingerprint density at radius 3 is 2.75 bits per heavy atom. The van der Waals surface area contributed by atoms with Crippen molar-refractivity contribution < 1.29 is 13.9 Å². The number of carbonyl (C=O) groups is 1. The van der Waals surface area contributed by atoms with Crippen LogP contribution in [0.4, 0.5) is 4.39 Å². The van der Waals surface area contributed by atoms with E-state index < -0.39 is 17.3 Å². The van der Waals surface area contributed by atoms with Crippen LogP contribution in [0.1, 0.15) is 20.8 Å². The van der Waals surface area contributed by atoms with Crippen molar-refractivity contribution in [1.82, 2.24) is 5.32 Å². The summed E-state index contributed by atoms with van der Waals surface area (Å²) in [5, 5.41) is 11.7. The maximum atomic E-state index is 13.5. The third-order valence-corrected chi connectivity index (χ3v) is 3.53. The van der Waals surface area contributed by atoms with Gasteiger partial charge in [-0.3, -0.25) is 4.79 Å². The van der Waals surface area contributed by atoms with Gasteiger partial charge in [-0.15, -0.1) is 0 Å². The standard InChI is InChI=1S/C14H16BrFN2O2/c1-9(2)14(3,8-17)18-13(19)7-20-12-5-4-10(15)6-11(12)16/h4-6,9H,7H2,1-3H3,(H,18,19)/t14-/m0/s1. The number of hydrogen-bond acceptors (Lipinski definition) is 3. The van der Waals surface area contributed by atoms with E-state index in [1.165, 1.54) is 12.1 Å². The number of nitriles is 1. The molecule has 0 aliphatic heterocycles. The Kier molecular flexibility index (Phi) is 5.52. The van der Waals surface area contributed by atoms with Gasteiger partial charge in [0.2, 0.25) is 0 Å². The van der Waals surface area contributed by atoms with Crippen molar-refractivity contribution >= 4 is 21.8 Å². The second-order valence-corrected chi connectivity index (χ2v) is 5.80. The number of nitrogens with one attached hydrogen (secondary N) is 1. The Balaban J connectivity index is 2.62. The number of hydrogen-bond donors (Lipinski definition) is 1. The van der Waals surface area contributed by atoms with Crippen molar-refractivity contribution in [2.45, 2.75) is 26.3 Å². The van der Waals surface area contributed by atoms with Crippen LogP contribution in [0.3, 0.4) is 0 Å². The van der Waals surface area contributed by atoms with E-state index >= 15 is 0 Å². The summed E-state index contributed by atoms with van der Waals surface area (Å²) < 4.78 is 19.2. The van der Waals surface area contributed by atoms with Crippen molar-refractivity contribution in [2.24, 2.45) is 5.92 Å². The lowest BCUT2D eigenvalue weighted by molar-refractivity contribution is -0.124. The minimum atomic E-state index is -0.974. The van der Waals surface area contributed by atoms with Gasteiger partial charge >= 0.3 is 0 Å². The highest BCUT2D eigenvalue weighted by Crippen LogP contribution is 2.21. The molecular formula is C14H16BrFN2O2. The summed E-state index contributed by atoms with van der Waals surface area (Å²) in [6, 6.07) is 6.35. The molecule has 0 fully saturated rings. The van der Waals surface area contributed by atoms with Gasteiger partial charge in [-0.25, -0.2) is 4.39 Å². The van der Waals surface area contributed by atoms with Crippen molar-refractivity contribution in [1.29, 1.82) is 5.26 Å². The smallest absolute Gasteiger partial charge is 0.259 e. The van der Waals surface area contributed by atoms with Crippen LogP contribution in [0, 0.1) is 23.1 Å². The molecule has 1 rings (SSSR count). The Labute approximate surface area is 126 Å². The van der Waals surface area contributed by atoms with Crippen molar-refractivity contribution in [3.8, 4) is 11.8 Å². The summed E-state index contributed by atoms with van der Waals surface area (Å²) in [5.41, 5.74) is -0.974. The summed E-state index contributed by atoms with van der Waals surface area (Å²) in [4.78, 5) is 11.8. The van der Waals surface area contributed by atoms with E-state index in [4.69, 9.17) is 10.00 Å². The zero-order valence-electron chi connectivity index (χ0n) is 11.5. The molecule has 1 atom stereocenters. The summed E-state index contributed by atoms with van der Waals surface area (Å²) in [6.45, 7) is 4.95. The third kappa shape index (κ3) is 4.20. The summed E-state index contributed by atoms with van der Waals surface area (Å²) in [5.74, 6) is -1.09. The highest BCUT2D eigenvalue weighted by molar-refractivity contribution is 9.10. The molecule has 0 saturated heterocycles. The summed E-state index contributed by atoms with van der Waals surface area (Å²) >= 11 is 3.13. The fourth-order valence-electron chi connectivity index (χ4n) is 1.36. The number of benzene rings is 1. The molecule has 108 valence electrons. The van der Waals surface area contributed by atoms with E-state index in [2.05, 4.69) is 27.3 Å². The van der Waals surface area contributed by atoms with Crippen LogP contribution >= 0.6 is 15.9 Å². The van der Waals surface area contributed by atoms with Gasteiger partial charge in [-0.05, 0) is 31.0 Å². The first-order valence-corrected chi connectivity index (χ1v) is 6.88. The number of nitrogens with zero attached hydrogens (tertiary/aromatic N) is 1. The number of rotatable bonds is 5.